The van der Waals surface area contributed by atoms with E-state index >= 15 is 0 Å². The third kappa shape index (κ3) is 2.41. The maximum atomic E-state index is 9.15. The van der Waals surface area contributed by atoms with Gasteiger partial charge < -0.3 is 0 Å². The highest BCUT2D eigenvalue weighted by Gasteiger charge is 2.29. The molecule has 0 spiro atoms. The summed E-state index contributed by atoms with van der Waals surface area (Å²) in [6, 6.07) is 11.0. The van der Waals surface area contributed by atoms with Crippen LogP contribution in [0.15, 0.2) is 65.0 Å². The van der Waals surface area contributed by atoms with Gasteiger partial charge >= 0.3 is 0 Å². The van der Waals surface area contributed by atoms with Crippen molar-refractivity contribution in [1.82, 2.24) is 15.0 Å². The number of aromatic nitrogens is 3. The average molecular weight is 335 g/mol. The molecule has 0 amide bonds. The smallest absolute Gasteiger partial charge is 0.206 e. The predicted molar refractivity (Wildman–Crippen MR) is 94.2 cm³/mol. The molecule has 7 heteroatoms. The molecule has 0 bridgehead atoms. The number of hydrogen-bond donors (Lipinski definition) is 0. The van der Waals surface area contributed by atoms with Crippen LogP contribution in [0.1, 0.15) is 22.5 Å². The molecule has 7 nitrogen and oxygen atoms in total. The maximum Gasteiger partial charge on any atom is 0.206 e. The van der Waals surface area contributed by atoms with E-state index in [0.29, 0.717) is 39.6 Å². The summed E-state index contributed by atoms with van der Waals surface area (Å²) in [4.78, 5) is 21.1. The van der Waals surface area contributed by atoms with Gasteiger partial charge in [0.05, 0.1) is 11.9 Å². The number of rotatable bonds is 1. The summed E-state index contributed by atoms with van der Waals surface area (Å²) in [5, 5.41) is 18.2. The van der Waals surface area contributed by atoms with Gasteiger partial charge in [0.15, 0.2) is 0 Å². The molecule has 0 saturated carbocycles. The van der Waals surface area contributed by atoms with E-state index in [4.69, 9.17) is 10.5 Å². The van der Waals surface area contributed by atoms with E-state index < -0.39 is 0 Å². The molecule has 0 fully saturated rings. The molecule has 2 heterocycles. The van der Waals surface area contributed by atoms with Crippen LogP contribution in [0, 0.1) is 22.9 Å². The summed E-state index contributed by atoms with van der Waals surface area (Å²) in [5.41, 5.74) is 4.43. The van der Waals surface area contributed by atoms with Crippen molar-refractivity contribution in [2.75, 3.05) is 0 Å². The lowest BCUT2D eigenvalue weighted by molar-refractivity contribution is 1.14. The molecule has 1 aliphatic carbocycles. The van der Waals surface area contributed by atoms with E-state index in [-0.39, 0.29) is 0 Å². The minimum Gasteiger partial charge on any atom is -0.264 e. The predicted octanol–water partition coefficient (Wildman–Crippen LogP) is 2.49. The fourth-order valence-corrected chi connectivity index (χ4v) is 2.86. The van der Waals surface area contributed by atoms with Crippen molar-refractivity contribution in [2.24, 2.45) is 9.98 Å². The summed E-state index contributed by atoms with van der Waals surface area (Å²) in [6.07, 6.45) is 8.60. The highest BCUT2D eigenvalue weighted by Crippen LogP contribution is 2.28. The summed E-state index contributed by atoms with van der Waals surface area (Å²) >= 11 is 0. The Kier molecular flexibility index (Phi) is 3.74. The third-order valence-electron chi connectivity index (χ3n) is 3.94. The zero-order valence-electron chi connectivity index (χ0n) is 13.3. The maximum absolute atomic E-state index is 9.15. The fourth-order valence-electron chi connectivity index (χ4n) is 2.86. The Hall–Kier alpha value is -4.23. The summed E-state index contributed by atoms with van der Waals surface area (Å²) in [5.74, 6) is 0. The lowest BCUT2D eigenvalue weighted by atomic mass is 9.88. The van der Waals surface area contributed by atoms with Crippen LogP contribution in [0.3, 0.4) is 0 Å². The molecular weight excluding hydrogens is 326 g/mol. The van der Waals surface area contributed by atoms with Crippen molar-refractivity contribution in [2.45, 2.75) is 0 Å². The first-order valence-corrected chi connectivity index (χ1v) is 7.65. The normalized spacial score (nSPS) is 15.0. The number of aliphatic imine (C=N–C) groups is 2. The van der Waals surface area contributed by atoms with E-state index in [1.165, 1.54) is 0 Å². The lowest BCUT2D eigenvalue weighted by Gasteiger charge is -2.20. The van der Waals surface area contributed by atoms with Crippen LogP contribution in [0.5, 0.6) is 0 Å². The third-order valence-corrected chi connectivity index (χ3v) is 3.94. The van der Waals surface area contributed by atoms with Crippen LogP contribution in [0.2, 0.25) is 0 Å². The van der Waals surface area contributed by atoms with Gasteiger partial charge in [-0.25, -0.2) is 9.97 Å². The molecule has 2 aromatic heterocycles. The molecule has 0 aliphatic heterocycles. The molecule has 1 aromatic carbocycles. The Labute approximate surface area is 148 Å². The second kappa shape index (κ2) is 6.34. The second-order valence-corrected chi connectivity index (χ2v) is 5.36. The van der Waals surface area contributed by atoms with Gasteiger partial charge in [-0.05, 0) is 12.1 Å². The molecular formula is C19H9N7. The van der Waals surface area contributed by atoms with Gasteiger partial charge in [-0.2, -0.15) is 20.5 Å². The molecule has 1 aliphatic rings. The Bertz CT molecular complexity index is 1150. The number of pyridine rings is 1. The first kappa shape index (κ1) is 15.3. The summed E-state index contributed by atoms with van der Waals surface area (Å²) in [6.45, 7) is 0. The van der Waals surface area contributed by atoms with Crippen molar-refractivity contribution in [3.05, 3.63) is 77.5 Å². The van der Waals surface area contributed by atoms with Crippen molar-refractivity contribution < 1.29 is 0 Å². The number of benzene rings is 1. The average Bonchev–Trinajstić information content (AvgIpc) is 2.71. The zero-order chi connectivity index (χ0) is 17.9. The van der Waals surface area contributed by atoms with E-state index in [1.54, 1.807) is 24.7 Å². The lowest BCUT2D eigenvalue weighted by Crippen LogP contribution is -2.25. The van der Waals surface area contributed by atoms with Crippen LogP contribution in [-0.2, 0) is 0 Å². The van der Waals surface area contributed by atoms with Crippen molar-refractivity contribution in [3.63, 3.8) is 0 Å². The molecule has 0 radical (unpaired) electrons. The number of nitriles is 2. The number of nitrogens with zero attached hydrogens (tertiary/aromatic N) is 7. The van der Waals surface area contributed by atoms with E-state index in [2.05, 4.69) is 24.9 Å². The Morgan fingerprint density at radius 2 is 1.50 bits per heavy atom. The number of fused-ring (bicyclic) bond motifs is 2. The van der Waals surface area contributed by atoms with Crippen molar-refractivity contribution in [3.8, 4) is 23.6 Å². The van der Waals surface area contributed by atoms with Crippen LogP contribution >= 0.6 is 0 Å². The van der Waals surface area contributed by atoms with Crippen LogP contribution in [0.25, 0.3) is 11.3 Å². The molecule has 0 N–H and O–H groups in total. The quantitative estimate of drug-likeness (QED) is 0.496. The van der Waals surface area contributed by atoms with Gasteiger partial charge in [-0.15, -0.1) is 0 Å². The van der Waals surface area contributed by atoms with Gasteiger partial charge in [-0.3, -0.25) is 4.98 Å². The van der Waals surface area contributed by atoms with Gasteiger partial charge in [0.25, 0.3) is 0 Å². The molecule has 4 rings (SSSR count). The van der Waals surface area contributed by atoms with Crippen molar-refractivity contribution in [1.29, 1.82) is 10.5 Å². The van der Waals surface area contributed by atoms with Crippen molar-refractivity contribution >= 4 is 11.4 Å². The van der Waals surface area contributed by atoms with Crippen LogP contribution in [-0.4, -0.2) is 26.4 Å². The van der Waals surface area contributed by atoms with E-state index in [9.17, 15) is 0 Å². The molecule has 120 valence electrons. The first-order chi connectivity index (χ1) is 12.8. The van der Waals surface area contributed by atoms with E-state index in [0.717, 1.165) is 5.56 Å². The Morgan fingerprint density at radius 3 is 2.12 bits per heavy atom. The largest absolute Gasteiger partial charge is 0.264 e. The molecule has 0 unspecified atom stereocenters. The minimum absolute atomic E-state index is 0.410. The van der Waals surface area contributed by atoms with Gasteiger partial charge in [0.1, 0.15) is 22.8 Å². The van der Waals surface area contributed by atoms with Gasteiger partial charge in [0.2, 0.25) is 12.4 Å². The molecule has 0 saturated heterocycles. The highest BCUT2D eigenvalue weighted by atomic mass is 14.9. The summed E-state index contributed by atoms with van der Waals surface area (Å²) < 4.78 is 0. The monoisotopic (exact) mass is 335 g/mol. The van der Waals surface area contributed by atoms with Gasteiger partial charge in [-0.1, -0.05) is 24.3 Å². The number of hydrogen-bond acceptors (Lipinski definition) is 7. The second-order valence-electron chi connectivity index (χ2n) is 5.36. The van der Waals surface area contributed by atoms with Crippen LogP contribution < -0.4 is 0 Å². The zero-order valence-corrected chi connectivity index (χ0v) is 13.3. The highest BCUT2D eigenvalue weighted by molar-refractivity contribution is 6.30. The molecule has 0 atom stereocenters. The van der Waals surface area contributed by atoms with Gasteiger partial charge in [0, 0.05) is 29.1 Å². The fraction of sp³-hybridized carbons (Fsp3) is 0. The topological polar surface area (TPSA) is 111 Å². The van der Waals surface area contributed by atoms with E-state index in [1.807, 2.05) is 42.7 Å². The first-order valence-electron chi connectivity index (χ1n) is 7.65. The molecule has 3 aromatic rings. The SMILES string of the molecule is N#CN=C1c2ccccc2C(=NC#N)c2nc(-c3cccnc3)cnc21. The summed E-state index contributed by atoms with van der Waals surface area (Å²) in [7, 11) is 0. The van der Waals surface area contributed by atoms with Crippen LogP contribution in [0.4, 0.5) is 0 Å². The minimum atomic E-state index is 0.410. The molecule has 26 heavy (non-hydrogen) atoms. The Morgan fingerprint density at radius 1 is 0.808 bits per heavy atom. The standard InChI is InChI=1S/C19H9N7/c20-10-24-16-13-5-1-2-6-14(13)17(25-11-21)19-18(16)23-9-15(26-19)12-4-3-7-22-8-12/h1-9H. The Balaban J connectivity index is 2.02.